The van der Waals surface area contributed by atoms with Crippen LogP contribution in [0.2, 0.25) is 0 Å². The molecule has 3 aliphatic rings. The van der Waals surface area contributed by atoms with Crippen molar-refractivity contribution in [1.29, 1.82) is 0 Å². The minimum absolute atomic E-state index is 0.0123. The summed E-state index contributed by atoms with van der Waals surface area (Å²) in [7, 11) is 1.91. The van der Waals surface area contributed by atoms with Crippen LogP contribution >= 0.6 is 0 Å². The van der Waals surface area contributed by atoms with Crippen molar-refractivity contribution in [2.75, 3.05) is 6.54 Å². The second-order valence-corrected chi connectivity index (χ2v) is 11.8. The van der Waals surface area contributed by atoms with Crippen LogP contribution in [0.5, 0.6) is 0 Å². The Kier molecular flexibility index (Phi) is 6.52. The predicted molar refractivity (Wildman–Crippen MR) is 160 cm³/mol. The van der Waals surface area contributed by atoms with Gasteiger partial charge in [-0.2, -0.15) is 0 Å². The van der Waals surface area contributed by atoms with Crippen molar-refractivity contribution in [3.05, 3.63) is 87.7 Å². The third kappa shape index (κ3) is 4.53. The van der Waals surface area contributed by atoms with Gasteiger partial charge in [-0.1, -0.05) is 35.9 Å². The monoisotopic (exact) mass is 562 g/mol. The van der Waals surface area contributed by atoms with Gasteiger partial charge >= 0.3 is 5.97 Å². The summed E-state index contributed by atoms with van der Waals surface area (Å²) in [5.74, 6) is -1.21. The Balaban J connectivity index is 1.33. The fourth-order valence-corrected chi connectivity index (χ4v) is 6.81. The van der Waals surface area contributed by atoms with E-state index in [9.17, 15) is 14.7 Å². The number of rotatable bonds is 2. The smallest absolute Gasteiger partial charge is 0.304 e. The molecule has 6 heterocycles. The fourth-order valence-electron chi connectivity index (χ4n) is 6.81. The zero-order valence-corrected chi connectivity index (χ0v) is 24.0. The number of carbonyl (C=O) groups is 2. The first-order valence-electron chi connectivity index (χ1n) is 14.8. The second kappa shape index (κ2) is 10.4. The van der Waals surface area contributed by atoms with Crippen LogP contribution in [-0.4, -0.2) is 53.0 Å². The molecule has 3 aromatic heterocycles. The number of benzene rings is 2. The number of carboxylic acids is 1. The van der Waals surface area contributed by atoms with Crippen molar-refractivity contribution in [1.82, 2.24) is 29.4 Å². The van der Waals surface area contributed by atoms with Gasteiger partial charge in [0.05, 0.1) is 11.9 Å². The molecular formula is C33H34N6O3. The highest BCUT2D eigenvalue weighted by Crippen LogP contribution is 2.35. The number of hydrogen-bond donors (Lipinski definition) is 1. The van der Waals surface area contributed by atoms with Gasteiger partial charge in [0.1, 0.15) is 16.9 Å². The van der Waals surface area contributed by atoms with E-state index in [4.69, 9.17) is 4.98 Å². The average Bonchev–Trinajstić information content (AvgIpc) is 3.55. The van der Waals surface area contributed by atoms with E-state index >= 15 is 0 Å². The Bertz CT molecular complexity index is 1870. The summed E-state index contributed by atoms with van der Waals surface area (Å²) in [4.78, 5) is 32.5. The van der Waals surface area contributed by atoms with Crippen molar-refractivity contribution in [3.8, 4) is 0 Å². The Labute approximate surface area is 243 Å². The van der Waals surface area contributed by atoms with Crippen molar-refractivity contribution in [2.24, 2.45) is 7.05 Å². The minimum atomic E-state index is -0.855. The SMILES string of the molecule is Cc1c2ccc3c1nnn3CCCCCc1cnc3c(c1)cc(n3C)C(=O)N1CCc3ccc(cc3C1)[C@@H]2CC(=O)O. The van der Waals surface area contributed by atoms with Crippen molar-refractivity contribution in [3.63, 3.8) is 0 Å². The Morgan fingerprint density at radius 3 is 2.76 bits per heavy atom. The molecule has 8 rings (SSSR count). The lowest BCUT2D eigenvalue weighted by atomic mass is 9.83. The van der Waals surface area contributed by atoms with Crippen molar-refractivity contribution >= 4 is 33.9 Å². The molecule has 3 aliphatic heterocycles. The minimum Gasteiger partial charge on any atom is -0.481 e. The molecule has 9 nitrogen and oxygen atoms in total. The van der Waals surface area contributed by atoms with Gasteiger partial charge in [-0.3, -0.25) is 9.59 Å². The van der Waals surface area contributed by atoms with Gasteiger partial charge in [0.15, 0.2) is 0 Å². The van der Waals surface area contributed by atoms with Crippen LogP contribution in [0.1, 0.15) is 75.5 Å². The highest BCUT2D eigenvalue weighted by atomic mass is 16.4. The number of amides is 1. The fraction of sp³-hybridized carbons (Fsp3) is 0.364. The third-order valence-corrected chi connectivity index (χ3v) is 9.15. The Morgan fingerprint density at radius 1 is 1.02 bits per heavy atom. The first-order chi connectivity index (χ1) is 20.4. The summed E-state index contributed by atoms with van der Waals surface area (Å²) in [5, 5.41) is 19.9. The van der Waals surface area contributed by atoms with E-state index in [1.54, 1.807) is 0 Å². The number of nitrogens with zero attached hydrogens (tertiary/aromatic N) is 6. The first kappa shape index (κ1) is 26.4. The summed E-state index contributed by atoms with van der Waals surface area (Å²) < 4.78 is 3.87. The average molecular weight is 563 g/mol. The number of aliphatic carboxylic acids is 1. The zero-order valence-electron chi connectivity index (χ0n) is 24.0. The number of carboxylic acid groups (broad SMARTS) is 1. The number of aryl methyl sites for hydroxylation is 4. The molecule has 0 aliphatic carbocycles. The molecule has 1 N–H and O–H groups in total. The molecule has 5 aromatic rings. The van der Waals surface area contributed by atoms with Crippen LogP contribution in [0, 0.1) is 6.92 Å². The lowest BCUT2D eigenvalue weighted by molar-refractivity contribution is -0.137. The summed E-state index contributed by atoms with van der Waals surface area (Å²) >= 11 is 0. The molecule has 0 saturated heterocycles. The van der Waals surface area contributed by atoms with Crippen LogP contribution in [0.15, 0.2) is 48.7 Å². The number of aromatic nitrogens is 5. The number of fused-ring (bicyclic) bond motifs is 5. The molecule has 1 atom stereocenters. The molecule has 9 heteroatoms. The van der Waals surface area contributed by atoms with E-state index in [0.717, 1.165) is 83.0 Å². The summed E-state index contributed by atoms with van der Waals surface area (Å²) in [6, 6.07) is 14.5. The molecule has 0 fully saturated rings. The summed E-state index contributed by atoms with van der Waals surface area (Å²) in [6.45, 7) is 3.91. The normalized spacial score (nSPS) is 17.5. The molecule has 214 valence electrons. The van der Waals surface area contributed by atoms with Gasteiger partial charge < -0.3 is 14.6 Å². The molecule has 0 unspecified atom stereocenters. The largest absolute Gasteiger partial charge is 0.481 e. The van der Waals surface area contributed by atoms with Crippen LogP contribution in [0.4, 0.5) is 0 Å². The third-order valence-electron chi connectivity index (χ3n) is 9.15. The molecule has 42 heavy (non-hydrogen) atoms. The quantitative estimate of drug-likeness (QED) is 0.319. The maximum absolute atomic E-state index is 13.8. The Morgan fingerprint density at radius 2 is 1.90 bits per heavy atom. The van der Waals surface area contributed by atoms with Crippen LogP contribution in [-0.2, 0) is 37.8 Å². The standard InChI is InChI=1S/C33H34N6O3/c1-20-26-9-10-28-31(20)35-36-39(28)12-5-3-4-6-21-14-24-16-29(37(2)32(24)34-18-21)33(42)38-13-11-22-7-8-23(15-25(22)19-38)27(26)17-30(40)41/h7-10,14-16,18,27H,3-6,11-13,17,19H2,1-2H3,(H,40,41)/t27-/m0/s1. The highest BCUT2D eigenvalue weighted by molar-refractivity contribution is 5.98. The Hall–Kier alpha value is -4.53. The zero-order chi connectivity index (χ0) is 29.0. The molecule has 1 amide bonds. The molecule has 0 spiro atoms. The van der Waals surface area contributed by atoms with Gasteiger partial charge in [-0.15, -0.1) is 5.10 Å². The number of carbonyl (C=O) groups excluding carboxylic acids is 1. The molecule has 2 aromatic carbocycles. The van der Waals surface area contributed by atoms with Crippen LogP contribution < -0.4 is 0 Å². The lowest BCUT2D eigenvalue weighted by Crippen LogP contribution is -2.37. The summed E-state index contributed by atoms with van der Waals surface area (Å²) in [5.41, 5.74) is 9.53. The van der Waals surface area contributed by atoms with Gasteiger partial charge in [0.2, 0.25) is 0 Å². The van der Waals surface area contributed by atoms with E-state index in [1.807, 2.05) is 52.5 Å². The van der Waals surface area contributed by atoms with E-state index in [1.165, 1.54) is 11.1 Å². The van der Waals surface area contributed by atoms with E-state index in [0.29, 0.717) is 18.8 Å². The van der Waals surface area contributed by atoms with Crippen molar-refractivity contribution in [2.45, 2.75) is 64.5 Å². The predicted octanol–water partition coefficient (Wildman–Crippen LogP) is 5.16. The van der Waals surface area contributed by atoms with Gasteiger partial charge in [-0.25, -0.2) is 9.67 Å². The van der Waals surface area contributed by atoms with Crippen LogP contribution in [0.3, 0.4) is 0 Å². The molecule has 0 saturated carbocycles. The van der Waals surface area contributed by atoms with Crippen molar-refractivity contribution < 1.29 is 14.7 Å². The maximum Gasteiger partial charge on any atom is 0.304 e. The number of pyridine rings is 1. The van der Waals surface area contributed by atoms with E-state index in [2.05, 4.69) is 34.6 Å². The number of hydrogen-bond acceptors (Lipinski definition) is 5. The van der Waals surface area contributed by atoms with Crippen LogP contribution in [0.25, 0.3) is 22.1 Å². The van der Waals surface area contributed by atoms with E-state index in [-0.39, 0.29) is 18.2 Å². The van der Waals surface area contributed by atoms with Gasteiger partial charge in [0, 0.05) is 44.2 Å². The second-order valence-electron chi connectivity index (χ2n) is 11.8. The maximum atomic E-state index is 13.8. The molecule has 10 bridgehead atoms. The van der Waals surface area contributed by atoms with Gasteiger partial charge in [-0.05, 0) is 84.2 Å². The molecule has 0 radical (unpaired) electrons. The first-order valence-corrected chi connectivity index (χ1v) is 14.8. The van der Waals surface area contributed by atoms with Gasteiger partial charge in [0.25, 0.3) is 5.91 Å². The highest BCUT2D eigenvalue weighted by Gasteiger charge is 2.27. The van der Waals surface area contributed by atoms with E-state index < -0.39 is 5.97 Å². The lowest BCUT2D eigenvalue weighted by Gasteiger charge is -2.30. The topological polar surface area (TPSA) is 106 Å². The molecular weight excluding hydrogens is 528 g/mol. The summed E-state index contributed by atoms with van der Waals surface area (Å²) in [6.07, 6.45) is 6.64.